The SMILES string of the molecule is COC(=O)COC1O[C@H](COC(=O)CCl)[C@@H](OCc2ccccc2)[C@H](OCc2ccccc2)[C@H]1N=[N+]=[N-]. The first-order valence-corrected chi connectivity index (χ1v) is 12.0. The van der Waals surface area contributed by atoms with Gasteiger partial charge in [0.25, 0.3) is 0 Å². The maximum atomic E-state index is 11.8. The summed E-state index contributed by atoms with van der Waals surface area (Å²) in [6.45, 7) is -0.367. The highest BCUT2D eigenvalue weighted by atomic mass is 35.5. The van der Waals surface area contributed by atoms with Crippen molar-refractivity contribution in [2.75, 3.05) is 26.2 Å². The number of nitrogens with zero attached hydrogens (tertiary/aromatic N) is 3. The first-order chi connectivity index (χ1) is 18.0. The van der Waals surface area contributed by atoms with Gasteiger partial charge in [-0.15, -0.1) is 11.6 Å². The molecule has 0 N–H and O–H groups in total. The van der Waals surface area contributed by atoms with Crippen LogP contribution < -0.4 is 0 Å². The molecule has 1 heterocycles. The van der Waals surface area contributed by atoms with E-state index in [-0.39, 0.29) is 25.7 Å². The van der Waals surface area contributed by atoms with Crippen molar-refractivity contribution >= 4 is 23.5 Å². The summed E-state index contributed by atoms with van der Waals surface area (Å²) in [7, 11) is 1.21. The van der Waals surface area contributed by atoms with Crippen molar-refractivity contribution in [1.82, 2.24) is 0 Å². The molecule has 0 amide bonds. The summed E-state index contributed by atoms with van der Waals surface area (Å²) in [5.74, 6) is -1.66. The highest BCUT2D eigenvalue weighted by Gasteiger charge is 2.48. The number of esters is 2. The largest absolute Gasteiger partial charge is 0.467 e. The summed E-state index contributed by atoms with van der Waals surface area (Å²) >= 11 is 5.58. The van der Waals surface area contributed by atoms with E-state index in [1.807, 2.05) is 60.7 Å². The summed E-state index contributed by atoms with van der Waals surface area (Å²) < 4.78 is 33.9. The summed E-state index contributed by atoms with van der Waals surface area (Å²) in [6, 6.07) is 17.7. The molecule has 0 radical (unpaired) electrons. The van der Waals surface area contributed by atoms with E-state index >= 15 is 0 Å². The highest BCUT2D eigenvalue weighted by molar-refractivity contribution is 6.26. The number of methoxy groups -OCH3 is 1. The lowest BCUT2D eigenvalue weighted by molar-refractivity contribution is -0.284. The van der Waals surface area contributed by atoms with Crippen LogP contribution in [0.3, 0.4) is 0 Å². The maximum Gasteiger partial charge on any atom is 0.331 e. The maximum absolute atomic E-state index is 11.8. The molecular weight excluding hydrogens is 506 g/mol. The molecule has 1 fully saturated rings. The molecule has 12 heteroatoms. The predicted molar refractivity (Wildman–Crippen MR) is 131 cm³/mol. The van der Waals surface area contributed by atoms with Gasteiger partial charge in [0.1, 0.15) is 43.4 Å². The fraction of sp³-hybridized carbons (Fsp3) is 0.440. The number of azide groups is 1. The van der Waals surface area contributed by atoms with Gasteiger partial charge in [-0.05, 0) is 16.7 Å². The molecule has 5 atom stereocenters. The summed E-state index contributed by atoms with van der Waals surface area (Å²) in [5.41, 5.74) is 11.1. The van der Waals surface area contributed by atoms with Gasteiger partial charge >= 0.3 is 11.9 Å². The lowest BCUT2D eigenvalue weighted by atomic mass is 9.96. The first kappa shape index (κ1) is 28.4. The second-order valence-corrected chi connectivity index (χ2v) is 8.23. The average Bonchev–Trinajstić information content (AvgIpc) is 2.94. The van der Waals surface area contributed by atoms with Crippen molar-refractivity contribution in [3.63, 3.8) is 0 Å². The average molecular weight is 534 g/mol. The zero-order valence-electron chi connectivity index (χ0n) is 20.2. The molecule has 0 bridgehead atoms. The Morgan fingerprint density at radius 3 is 2.08 bits per heavy atom. The van der Waals surface area contributed by atoms with Crippen molar-refractivity contribution in [3.8, 4) is 0 Å². The highest BCUT2D eigenvalue weighted by Crippen LogP contribution is 2.31. The van der Waals surface area contributed by atoms with Crippen molar-refractivity contribution < 1.29 is 38.0 Å². The Bertz CT molecular complexity index is 1040. The number of carbonyl (C=O) groups excluding carboxylic acids is 2. The second kappa shape index (κ2) is 15.2. The van der Waals surface area contributed by atoms with Crippen LogP contribution in [0, 0.1) is 0 Å². The second-order valence-electron chi connectivity index (χ2n) is 7.96. The molecule has 0 aliphatic carbocycles. The van der Waals surface area contributed by atoms with E-state index in [9.17, 15) is 15.1 Å². The molecule has 1 aliphatic heterocycles. The van der Waals surface area contributed by atoms with Crippen LogP contribution >= 0.6 is 11.6 Å². The Balaban J connectivity index is 1.91. The molecule has 0 spiro atoms. The number of halogens is 1. The van der Waals surface area contributed by atoms with Gasteiger partial charge in [0.2, 0.25) is 0 Å². The van der Waals surface area contributed by atoms with Crippen LogP contribution in [0.4, 0.5) is 0 Å². The van der Waals surface area contributed by atoms with Crippen LogP contribution in [-0.2, 0) is 51.2 Å². The Kier molecular flexibility index (Phi) is 11.6. The van der Waals surface area contributed by atoms with Crippen LogP contribution in [0.25, 0.3) is 10.4 Å². The minimum atomic E-state index is -1.22. The molecule has 3 rings (SSSR count). The molecule has 0 saturated carbocycles. The molecule has 0 aromatic heterocycles. The number of alkyl halides is 1. The summed E-state index contributed by atoms with van der Waals surface area (Å²) in [6.07, 6.45) is -3.85. The number of hydrogen-bond acceptors (Lipinski definition) is 9. The van der Waals surface area contributed by atoms with Crippen molar-refractivity contribution in [1.29, 1.82) is 0 Å². The molecule has 11 nitrogen and oxygen atoms in total. The summed E-state index contributed by atoms with van der Waals surface area (Å²) in [4.78, 5) is 26.5. The predicted octanol–water partition coefficient (Wildman–Crippen LogP) is 3.53. The van der Waals surface area contributed by atoms with Gasteiger partial charge in [0.15, 0.2) is 6.29 Å². The molecular formula is C25H28ClN3O8. The fourth-order valence-corrected chi connectivity index (χ4v) is 3.77. The molecule has 1 aliphatic rings. The van der Waals surface area contributed by atoms with Crippen molar-refractivity contribution in [2.45, 2.75) is 43.9 Å². The van der Waals surface area contributed by atoms with E-state index < -0.39 is 49.2 Å². The quantitative estimate of drug-likeness (QED) is 0.125. The zero-order valence-corrected chi connectivity index (χ0v) is 20.9. The molecule has 37 heavy (non-hydrogen) atoms. The van der Waals surface area contributed by atoms with E-state index in [1.54, 1.807) is 0 Å². The number of rotatable bonds is 13. The van der Waals surface area contributed by atoms with Gasteiger partial charge in [0, 0.05) is 4.91 Å². The standard InChI is InChI=1S/C25H28ClN3O8/c1-32-21(31)16-36-25-22(28-29-27)24(35-14-18-10-6-3-7-11-18)23(19(37-25)15-33-20(30)12-26)34-13-17-8-4-2-5-9-17/h2-11,19,22-25H,12-16H2,1H3/t19-,22-,23-,24-,25?/m1/s1. The molecule has 2 aromatic rings. The van der Waals surface area contributed by atoms with Gasteiger partial charge < -0.3 is 28.4 Å². The first-order valence-electron chi connectivity index (χ1n) is 11.5. The van der Waals surface area contributed by atoms with Crippen LogP contribution in [0.2, 0.25) is 0 Å². The molecule has 198 valence electrons. The van der Waals surface area contributed by atoms with Crippen LogP contribution in [0.5, 0.6) is 0 Å². The van der Waals surface area contributed by atoms with E-state index in [1.165, 1.54) is 7.11 Å². The molecule has 1 saturated heterocycles. The molecule has 1 unspecified atom stereocenters. The monoisotopic (exact) mass is 533 g/mol. The fourth-order valence-electron chi connectivity index (χ4n) is 3.69. The van der Waals surface area contributed by atoms with Crippen LogP contribution in [-0.4, -0.2) is 68.8 Å². The van der Waals surface area contributed by atoms with Crippen molar-refractivity contribution in [3.05, 3.63) is 82.2 Å². The zero-order chi connectivity index (χ0) is 26.5. The van der Waals surface area contributed by atoms with E-state index in [0.29, 0.717) is 0 Å². The van der Waals surface area contributed by atoms with Crippen LogP contribution in [0.1, 0.15) is 11.1 Å². The third-order valence-electron chi connectivity index (χ3n) is 5.48. The topological polar surface area (TPSA) is 138 Å². The minimum absolute atomic E-state index is 0.159. The van der Waals surface area contributed by atoms with Gasteiger partial charge in [-0.3, -0.25) is 4.79 Å². The van der Waals surface area contributed by atoms with Crippen molar-refractivity contribution in [2.24, 2.45) is 5.11 Å². The smallest absolute Gasteiger partial charge is 0.331 e. The number of hydrogen-bond donors (Lipinski definition) is 0. The van der Waals surface area contributed by atoms with Gasteiger partial charge in [-0.25, -0.2) is 4.79 Å². The third-order valence-corrected chi connectivity index (χ3v) is 5.70. The number of ether oxygens (including phenoxy) is 6. The van der Waals surface area contributed by atoms with E-state index in [2.05, 4.69) is 14.8 Å². The third kappa shape index (κ3) is 8.71. The Morgan fingerprint density at radius 1 is 0.946 bits per heavy atom. The van der Waals surface area contributed by atoms with E-state index in [4.69, 9.17) is 35.3 Å². The number of benzene rings is 2. The Hall–Kier alpha value is -3.18. The van der Waals surface area contributed by atoms with Gasteiger partial charge in [-0.1, -0.05) is 65.8 Å². The van der Waals surface area contributed by atoms with E-state index in [0.717, 1.165) is 11.1 Å². The van der Waals surface area contributed by atoms with Crippen LogP contribution in [0.15, 0.2) is 65.8 Å². The minimum Gasteiger partial charge on any atom is -0.467 e. The Morgan fingerprint density at radius 2 is 1.54 bits per heavy atom. The lowest BCUT2D eigenvalue weighted by Crippen LogP contribution is -2.60. The molecule has 2 aromatic carbocycles. The normalized spacial score (nSPS) is 23.0. The van der Waals surface area contributed by atoms with Gasteiger partial charge in [0.05, 0.1) is 20.3 Å². The lowest BCUT2D eigenvalue weighted by Gasteiger charge is -2.44. The van der Waals surface area contributed by atoms with Gasteiger partial charge in [-0.2, -0.15) is 0 Å². The number of carbonyl (C=O) groups is 2. The Labute approximate surface area is 219 Å². The summed E-state index contributed by atoms with van der Waals surface area (Å²) in [5, 5.41) is 3.86.